The molecule has 0 aromatic heterocycles. The van der Waals surface area contributed by atoms with Crippen LogP contribution in [-0.4, -0.2) is 32.8 Å². The van der Waals surface area contributed by atoms with E-state index in [2.05, 4.69) is 15.6 Å². The lowest BCUT2D eigenvalue weighted by atomic mass is 10.2. The number of nitrogens with zero attached hydrogens (tertiary/aromatic N) is 1. The maximum Gasteiger partial charge on any atom is 0.191 e. The van der Waals surface area contributed by atoms with Crippen molar-refractivity contribution in [1.82, 2.24) is 10.6 Å². The summed E-state index contributed by atoms with van der Waals surface area (Å²) in [7, 11) is 3.31. The van der Waals surface area contributed by atoms with Crippen molar-refractivity contribution in [3.8, 4) is 11.5 Å². The van der Waals surface area contributed by atoms with Crippen LogP contribution < -0.4 is 20.1 Å². The van der Waals surface area contributed by atoms with E-state index in [-0.39, 0.29) is 11.9 Å². The summed E-state index contributed by atoms with van der Waals surface area (Å²) >= 11 is 0. The van der Waals surface area contributed by atoms with E-state index in [1.54, 1.807) is 20.2 Å². The van der Waals surface area contributed by atoms with Gasteiger partial charge in [-0.15, -0.1) is 0 Å². The van der Waals surface area contributed by atoms with E-state index in [1.807, 2.05) is 37.3 Å². The fourth-order valence-electron chi connectivity index (χ4n) is 2.24. The lowest BCUT2D eigenvalue weighted by Crippen LogP contribution is -2.41. The normalized spacial score (nSPS) is 12.4. The number of nitrogens with one attached hydrogen (secondary N) is 2. The van der Waals surface area contributed by atoms with Gasteiger partial charge in [0.15, 0.2) is 5.96 Å². The van der Waals surface area contributed by atoms with Gasteiger partial charge in [0, 0.05) is 19.7 Å². The number of halogens is 1. The predicted octanol–water partition coefficient (Wildman–Crippen LogP) is 2.97. The quantitative estimate of drug-likeness (QED) is 0.598. The summed E-state index contributed by atoms with van der Waals surface area (Å²) in [6, 6.07) is 13.9. The summed E-state index contributed by atoms with van der Waals surface area (Å²) in [6.07, 6.45) is -0.0696. The van der Waals surface area contributed by atoms with E-state index in [1.165, 1.54) is 12.1 Å². The second-order valence-electron chi connectivity index (χ2n) is 5.54. The molecule has 0 fully saturated rings. The minimum atomic E-state index is -0.248. The van der Waals surface area contributed by atoms with Crippen molar-refractivity contribution in [2.45, 2.75) is 19.6 Å². The van der Waals surface area contributed by atoms with E-state index >= 15 is 0 Å². The summed E-state index contributed by atoms with van der Waals surface area (Å²) in [5.41, 5.74) is 0.851. The van der Waals surface area contributed by atoms with E-state index < -0.39 is 0 Å². The van der Waals surface area contributed by atoms with Crippen molar-refractivity contribution in [2.75, 3.05) is 20.7 Å². The molecule has 0 aliphatic heterocycles. The highest BCUT2D eigenvalue weighted by Crippen LogP contribution is 2.19. The molecule has 0 aliphatic carbocycles. The van der Waals surface area contributed by atoms with Crippen molar-refractivity contribution in [2.24, 2.45) is 4.99 Å². The first-order valence-electron chi connectivity index (χ1n) is 8.10. The molecule has 0 radical (unpaired) electrons. The minimum absolute atomic E-state index is 0.0696. The van der Waals surface area contributed by atoms with Crippen LogP contribution in [0.2, 0.25) is 0 Å². The zero-order valence-electron chi connectivity index (χ0n) is 14.8. The molecule has 134 valence electrons. The molecular weight excluding hydrogens is 321 g/mol. The van der Waals surface area contributed by atoms with Crippen molar-refractivity contribution in [1.29, 1.82) is 0 Å². The number of guanidine groups is 1. The van der Waals surface area contributed by atoms with Gasteiger partial charge in [-0.05, 0) is 36.8 Å². The van der Waals surface area contributed by atoms with Crippen LogP contribution in [-0.2, 0) is 6.54 Å². The Balaban J connectivity index is 1.79. The zero-order chi connectivity index (χ0) is 18.1. The minimum Gasteiger partial charge on any atom is -0.497 e. The van der Waals surface area contributed by atoms with Gasteiger partial charge in [0.2, 0.25) is 0 Å². The Morgan fingerprint density at radius 3 is 2.60 bits per heavy atom. The predicted molar refractivity (Wildman–Crippen MR) is 97.7 cm³/mol. The molecule has 0 aliphatic rings. The van der Waals surface area contributed by atoms with Gasteiger partial charge in [-0.1, -0.05) is 18.2 Å². The fourth-order valence-corrected chi connectivity index (χ4v) is 2.24. The second-order valence-corrected chi connectivity index (χ2v) is 5.54. The maximum atomic E-state index is 13.2. The molecule has 0 saturated carbocycles. The van der Waals surface area contributed by atoms with Crippen molar-refractivity contribution >= 4 is 5.96 Å². The van der Waals surface area contributed by atoms with Gasteiger partial charge >= 0.3 is 0 Å². The van der Waals surface area contributed by atoms with Crippen molar-refractivity contribution < 1.29 is 13.9 Å². The monoisotopic (exact) mass is 345 g/mol. The van der Waals surface area contributed by atoms with Gasteiger partial charge in [0.05, 0.1) is 13.7 Å². The van der Waals surface area contributed by atoms with Gasteiger partial charge in [0.25, 0.3) is 0 Å². The van der Waals surface area contributed by atoms with E-state index in [0.29, 0.717) is 19.0 Å². The van der Waals surface area contributed by atoms with Crippen molar-refractivity contribution in [3.05, 3.63) is 59.9 Å². The molecule has 2 aromatic carbocycles. The Hall–Kier alpha value is -2.76. The van der Waals surface area contributed by atoms with E-state index in [9.17, 15) is 4.39 Å². The summed E-state index contributed by atoms with van der Waals surface area (Å²) in [5, 5.41) is 6.34. The highest BCUT2D eigenvalue weighted by atomic mass is 19.1. The fraction of sp³-hybridized carbons (Fsp3) is 0.316. The van der Waals surface area contributed by atoms with Crippen LogP contribution in [0.5, 0.6) is 11.5 Å². The number of hydrogen-bond donors (Lipinski definition) is 2. The van der Waals surface area contributed by atoms with Crippen LogP contribution in [0.15, 0.2) is 53.5 Å². The molecule has 5 nitrogen and oxygen atoms in total. The van der Waals surface area contributed by atoms with Crippen LogP contribution in [0.25, 0.3) is 0 Å². The molecular formula is C19H24FN3O2. The number of hydrogen-bond acceptors (Lipinski definition) is 3. The maximum absolute atomic E-state index is 13.2. The zero-order valence-corrected chi connectivity index (χ0v) is 14.8. The van der Waals surface area contributed by atoms with Crippen LogP contribution in [0, 0.1) is 5.82 Å². The first-order chi connectivity index (χ1) is 12.1. The van der Waals surface area contributed by atoms with Gasteiger partial charge in [-0.3, -0.25) is 4.99 Å². The number of aliphatic imine (C=N–C) groups is 1. The van der Waals surface area contributed by atoms with Gasteiger partial charge in [-0.25, -0.2) is 4.39 Å². The molecule has 0 amide bonds. The molecule has 25 heavy (non-hydrogen) atoms. The van der Waals surface area contributed by atoms with Gasteiger partial charge < -0.3 is 20.1 Å². The largest absolute Gasteiger partial charge is 0.497 e. The molecule has 0 spiro atoms. The van der Waals surface area contributed by atoms with E-state index in [4.69, 9.17) is 9.47 Å². The lowest BCUT2D eigenvalue weighted by Gasteiger charge is -2.18. The summed E-state index contributed by atoms with van der Waals surface area (Å²) in [5.74, 6) is 1.88. The summed E-state index contributed by atoms with van der Waals surface area (Å²) in [6.45, 7) is 3.02. The average Bonchev–Trinajstić information content (AvgIpc) is 2.62. The third-order valence-corrected chi connectivity index (χ3v) is 3.51. The number of methoxy groups -OCH3 is 1. The SMILES string of the molecule is CN=C(NCc1cccc(F)c1)NCC(C)Oc1cccc(OC)c1. The number of ether oxygens (including phenoxy) is 2. The second kappa shape index (κ2) is 9.52. The van der Waals surface area contributed by atoms with Crippen molar-refractivity contribution in [3.63, 3.8) is 0 Å². The molecule has 0 heterocycles. The van der Waals surface area contributed by atoms with Crippen LogP contribution >= 0.6 is 0 Å². The molecule has 2 N–H and O–H groups in total. The standard InChI is InChI=1S/C19H24FN3O2/c1-14(25-18-9-5-8-17(11-18)24-3)12-22-19(21-2)23-13-15-6-4-7-16(20)10-15/h4-11,14H,12-13H2,1-3H3,(H2,21,22,23). The topological polar surface area (TPSA) is 54.9 Å². The van der Waals surface area contributed by atoms with Gasteiger partial charge in [-0.2, -0.15) is 0 Å². The Labute approximate surface area is 147 Å². The molecule has 0 bridgehead atoms. The third-order valence-electron chi connectivity index (χ3n) is 3.51. The summed E-state index contributed by atoms with van der Waals surface area (Å²) in [4.78, 5) is 4.16. The smallest absolute Gasteiger partial charge is 0.191 e. The molecule has 1 atom stereocenters. The Morgan fingerprint density at radius 1 is 1.12 bits per heavy atom. The Morgan fingerprint density at radius 2 is 1.88 bits per heavy atom. The molecule has 6 heteroatoms. The number of rotatable bonds is 7. The number of benzene rings is 2. The summed E-state index contributed by atoms with van der Waals surface area (Å²) < 4.78 is 24.2. The van der Waals surface area contributed by atoms with E-state index in [0.717, 1.165) is 17.1 Å². The lowest BCUT2D eigenvalue weighted by molar-refractivity contribution is 0.223. The first kappa shape index (κ1) is 18.6. The Kier molecular flexibility index (Phi) is 7.07. The highest BCUT2D eigenvalue weighted by molar-refractivity contribution is 5.79. The molecule has 0 saturated heterocycles. The molecule has 2 rings (SSSR count). The average molecular weight is 345 g/mol. The molecule has 1 unspecified atom stereocenters. The molecule has 2 aromatic rings. The van der Waals surface area contributed by atoms with Crippen LogP contribution in [0.3, 0.4) is 0 Å². The van der Waals surface area contributed by atoms with Crippen LogP contribution in [0.1, 0.15) is 12.5 Å². The Bertz CT molecular complexity index is 707. The first-order valence-corrected chi connectivity index (χ1v) is 8.10. The highest BCUT2D eigenvalue weighted by Gasteiger charge is 2.07. The third kappa shape index (κ3) is 6.33. The van der Waals surface area contributed by atoms with Gasteiger partial charge in [0.1, 0.15) is 23.4 Å². The van der Waals surface area contributed by atoms with Crippen LogP contribution in [0.4, 0.5) is 4.39 Å².